The minimum atomic E-state index is -0.836. The lowest BCUT2D eigenvalue weighted by molar-refractivity contribution is -0.160. The molecule has 0 bridgehead atoms. The Morgan fingerprint density at radius 3 is 2.27 bits per heavy atom. The Balaban J connectivity index is 1.40. The van der Waals surface area contributed by atoms with Gasteiger partial charge in [0.1, 0.15) is 0 Å². The number of aliphatic carboxylic acids is 1. The maximum Gasteiger partial charge on any atom is 0.331 e. The molecule has 5 fully saturated rings. The van der Waals surface area contributed by atoms with E-state index >= 15 is 0 Å². The van der Waals surface area contributed by atoms with E-state index in [1.165, 1.54) is 51.4 Å². The van der Waals surface area contributed by atoms with Crippen molar-refractivity contribution in [3.8, 4) is 0 Å². The van der Waals surface area contributed by atoms with Crippen molar-refractivity contribution in [2.75, 3.05) is 0 Å². The van der Waals surface area contributed by atoms with E-state index in [-0.39, 0.29) is 11.5 Å². The number of carboxylic acids is 1. The van der Waals surface area contributed by atoms with Crippen molar-refractivity contribution in [3.05, 3.63) is 23.8 Å². The molecule has 2 N–H and O–H groups in total. The average molecular weight is 455 g/mol. The summed E-state index contributed by atoms with van der Waals surface area (Å²) >= 11 is 0. The number of hydrogen-bond donors (Lipinski definition) is 2. The molecule has 5 aliphatic rings. The van der Waals surface area contributed by atoms with Gasteiger partial charge < -0.3 is 10.2 Å². The van der Waals surface area contributed by atoms with Crippen molar-refractivity contribution < 1.29 is 15.0 Å². The van der Waals surface area contributed by atoms with Crippen LogP contribution in [0.4, 0.5) is 0 Å². The van der Waals surface area contributed by atoms with Crippen LogP contribution in [-0.2, 0) is 4.79 Å². The third kappa shape index (κ3) is 2.87. The second-order valence-electron chi connectivity index (χ2n) is 13.9. The summed E-state index contributed by atoms with van der Waals surface area (Å²) in [7, 11) is 0. The van der Waals surface area contributed by atoms with Gasteiger partial charge >= 0.3 is 5.97 Å². The van der Waals surface area contributed by atoms with Gasteiger partial charge in [-0.2, -0.15) is 0 Å². The van der Waals surface area contributed by atoms with Crippen molar-refractivity contribution in [2.45, 2.75) is 105 Å². The van der Waals surface area contributed by atoms with Crippen molar-refractivity contribution in [3.63, 3.8) is 0 Å². The van der Waals surface area contributed by atoms with Crippen LogP contribution in [-0.4, -0.2) is 22.3 Å². The number of aliphatic hydroxyl groups is 1. The number of carbonyl (C=O) groups is 1. The number of carboxylic acid groups (broad SMARTS) is 1. The second-order valence-corrected chi connectivity index (χ2v) is 13.9. The van der Waals surface area contributed by atoms with Crippen molar-refractivity contribution in [1.82, 2.24) is 0 Å². The van der Waals surface area contributed by atoms with Gasteiger partial charge in [-0.05, 0) is 115 Å². The molecule has 0 saturated heterocycles. The Morgan fingerprint density at radius 1 is 0.909 bits per heavy atom. The fourth-order valence-corrected chi connectivity index (χ4v) is 10.8. The molecule has 5 rings (SSSR count). The summed E-state index contributed by atoms with van der Waals surface area (Å²) in [5, 5.41) is 20.0. The van der Waals surface area contributed by atoms with E-state index in [1.807, 2.05) is 6.08 Å². The van der Waals surface area contributed by atoms with Crippen LogP contribution in [0, 0.1) is 50.7 Å². The van der Waals surface area contributed by atoms with E-state index in [2.05, 4.69) is 40.7 Å². The number of aliphatic hydroxyl groups excluding tert-OH is 1. The molecule has 184 valence electrons. The second kappa shape index (κ2) is 7.21. The fourth-order valence-electron chi connectivity index (χ4n) is 10.8. The summed E-state index contributed by atoms with van der Waals surface area (Å²) in [5.41, 5.74) is 2.27. The van der Waals surface area contributed by atoms with Crippen molar-refractivity contribution >= 4 is 5.97 Å². The molecule has 9 atom stereocenters. The zero-order valence-electron chi connectivity index (χ0n) is 21.8. The van der Waals surface area contributed by atoms with Crippen LogP contribution in [0.1, 0.15) is 99.3 Å². The molecule has 0 aromatic carbocycles. The highest BCUT2D eigenvalue weighted by Gasteiger charge is 2.82. The predicted octanol–water partition coefficient (Wildman–Crippen LogP) is 7.01. The molecule has 0 aromatic rings. The quantitative estimate of drug-likeness (QED) is 0.355. The van der Waals surface area contributed by atoms with Crippen LogP contribution < -0.4 is 0 Å². The first-order valence-corrected chi connectivity index (χ1v) is 13.6. The first-order valence-electron chi connectivity index (χ1n) is 13.6. The van der Waals surface area contributed by atoms with Gasteiger partial charge in [0, 0.05) is 5.57 Å². The zero-order chi connectivity index (χ0) is 24.0. The number of hydrogen-bond acceptors (Lipinski definition) is 2. The molecule has 0 radical (unpaired) electrons. The molecule has 0 aromatic heterocycles. The molecule has 0 heterocycles. The molecule has 9 unspecified atom stereocenters. The van der Waals surface area contributed by atoms with E-state index in [1.54, 1.807) is 13.0 Å². The Kier molecular flexibility index (Phi) is 5.17. The maximum absolute atomic E-state index is 11.1. The summed E-state index contributed by atoms with van der Waals surface area (Å²) in [6.07, 6.45) is 17.6. The standard InChI is InChI=1S/C30H46O3/c1-19(8-7-9-20(2)25(32)33)21-12-14-28(6)23-11-10-22-26(3,4)24(31)13-15-29(22)18-30(23,29)17-16-27(21,28)5/h7-9,19,21-24,31H,10-18H2,1-6H3,(H,32,33)/b8-7+,20-9+. The van der Waals surface area contributed by atoms with Gasteiger partial charge in [0.2, 0.25) is 0 Å². The van der Waals surface area contributed by atoms with Crippen LogP contribution in [0.15, 0.2) is 23.8 Å². The van der Waals surface area contributed by atoms with E-state index in [0.29, 0.717) is 45.0 Å². The summed E-state index contributed by atoms with van der Waals surface area (Å²) in [6, 6.07) is 0. The third-order valence-corrected chi connectivity index (χ3v) is 12.9. The number of rotatable bonds is 4. The van der Waals surface area contributed by atoms with Crippen LogP contribution in [0.2, 0.25) is 0 Å². The monoisotopic (exact) mass is 454 g/mol. The highest BCUT2D eigenvalue weighted by Crippen LogP contribution is 2.89. The summed E-state index contributed by atoms with van der Waals surface area (Å²) in [5.74, 6) is 1.84. The van der Waals surface area contributed by atoms with Crippen LogP contribution in [0.3, 0.4) is 0 Å². The van der Waals surface area contributed by atoms with Gasteiger partial charge in [0.15, 0.2) is 0 Å². The molecular weight excluding hydrogens is 408 g/mol. The topological polar surface area (TPSA) is 57.5 Å². The van der Waals surface area contributed by atoms with E-state index in [4.69, 9.17) is 5.11 Å². The molecule has 2 spiro atoms. The molecule has 33 heavy (non-hydrogen) atoms. The molecule has 3 nitrogen and oxygen atoms in total. The van der Waals surface area contributed by atoms with Crippen LogP contribution in [0.5, 0.6) is 0 Å². The van der Waals surface area contributed by atoms with Gasteiger partial charge in [-0.3, -0.25) is 0 Å². The molecular formula is C30H46O3. The van der Waals surface area contributed by atoms with Gasteiger partial charge in [0.05, 0.1) is 6.10 Å². The summed E-state index contributed by atoms with van der Waals surface area (Å²) in [6.45, 7) is 14.0. The lowest BCUT2D eigenvalue weighted by Crippen LogP contribution is -2.57. The fraction of sp³-hybridized carbons (Fsp3) is 0.833. The van der Waals surface area contributed by atoms with Crippen molar-refractivity contribution in [1.29, 1.82) is 0 Å². The van der Waals surface area contributed by atoms with E-state index < -0.39 is 5.97 Å². The minimum Gasteiger partial charge on any atom is -0.478 e. The van der Waals surface area contributed by atoms with Gasteiger partial charge in [-0.25, -0.2) is 4.79 Å². The third-order valence-electron chi connectivity index (χ3n) is 12.9. The molecule has 5 saturated carbocycles. The Morgan fingerprint density at radius 2 is 1.58 bits per heavy atom. The lowest BCUT2D eigenvalue weighted by Gasteiger charge is -2.63. The summed E-state index contributed by atoms with van der Waals surface area (Å²) in [4.78, 5) is 11.1. The van der Waals surface area contributed by atoms with E-state index in [0.717, 1.165) is 12.3 Å². The highest BCUT2D eigenvalue weighted by molar-refractivity contribution is 5.86. The number of allylic oxidation sites excluding steroid dienone is 3. The molecule has 3 heteroatoms. The van der Waals surface area contributed by atoms with Crippen LogP contribution in [0.25, 0.3) is 0 Å². The minimum absolute atomic E-state index is 0.0630. The smallest absolute Gasteiger partial charge is 0.331 e. The maximum atomic E-state index is 11.1. The normalized spacial score (nSPS) is 51.3. The van der Waals surface area contributed by atoms with Gasteiger partial charge in [-0.1, -0.05) is 52.8 Å². The van der Waals surface area contributed by atoms with Crippen molar-refractivity contribution in [2.24, 2.45) is 50.7 Å². The first-order chi connectivity index (χ1) is 15.4. The average Bonchev–Trinajstić information content (AvgIpc) is 3.33. The first kappa shape index (κ1) is 23.6. The molecule has 0 amide bonds. The Bertz CT molecular complexity index is 900. The molecule has 0 aliphatic heterocycles. The Labute approximate surface area is 201 Å². The molecule has 5 aliphatic carbocycles. The zero-order valence-corrected chi connectivity index (χ0v) is 21.8. The van der Waals surface area contributed by atoms with Gasteiger partial charge in [0.25, 0.3) is 0 Å². The largest absolute Gasteiger partial charge is 0.478 e. The predicted molar refractivity (Wildman–Crippen MR) is 133 cm³/mol. The summed E-state index contributed by atoms with van der Waals surface area (Å²) < 4.78 is 0. The van der Waals surface area contributed by atoms with E-state index in [9.17, 15) is 9.90 Å². The Hall–Kier alpha value is -1.09. The van der Waals surface area contributed by atoms with Gasteiger partial charge in [-0.15, -0.1) is 0 Å². The lowest BCUT2D eigenvalue weighted by atomic mass is 9.42. The SMILES string of the molecule is C/C(=C\C=C\C(C)C1CCC2(C)C3CCC4C(C)(C)C(O)CCC45CC35CCC12C)C(=O)O. The highest BCUT2D eigenvalue weighted by atomic mass is 16.4. The van der Waals surface area contributed by atoms with Crippen LogP contribution >= 0.6 is 0 Å². The number of fused-ring (bicyclic) bond motifs is 2.